The minimum atomic E-state index is -4.61. The molecule has 1 saturated carbocycles. The lowest BCUT2D eigenvalue weighted by Gasteiger charge is -2.44. The fourth-order valence-electron chi connectivity index (χ4n) is 5.29. The summed E-state index contributed by atoms with van der Waals surface area (Å²) in [6.07, 6.45) is 2.41. The molecule has 4 aromatic rings. The number of anilines is 2. The highest BCUT2D eigenvalue weighted by atomic mass is 32.1. The smallest absolute Gasteiger partial charge is 0.433 e. The molecular weight excluding hydrogens is 545 g/mol. The fraction of sp³-hybridized carbons (Fsp3) is 0.370. The van der Waals surface area contributed by atoms with Crippen molar-refractivity contribution in [1.29, 1.82) is 0 Å². The third-order valence-corrected chi connectivity index (χ3v) is 8.44. The lowest BCUT2D eigenvalue weighted by molar-refractivity contribution is -0.154. The van der Waals surface area contributed by atoms with E-state index in [-0.39, 0.29) is 18.8 Å². The molecule has 5 rings (SSSR count). The number of nitrogens with one attached hydrogen (secondary N) is 1. The topological polar surface area (TPSA) is 126 Å². The van der Waals surface area contributed by atoms with E-state index in [1.54, 1.807) is 36.3 Å². The standard InChI is InChI=1S/C27H27F3N6O3S/c1-25(2)14-26(39,6-4-19(25)22(37)38)23-32-12-20(40-23)16-8-15(17-11-33-36(3)13-17)9-18(10-16)34-24-31-7-5-21(35-24)27(28,29)30/h5,7-13,19,39H,4,6,14H2,1-3H3,(H,37,38)(H,31,34,35)/t19-,26+/m0/s1. The number of aromatic nitrogens is 5. The van der Waals surface area contributed by atoms with Crippen LogP contribution in [0, 0.1) is 11.3 Å². The summed E-state index contributed by atoms with van der Waals surface area (Å²) in [6.45, 7) is 3.69. The first-order valence-corrected chi connectivity index (χ1v) is 13.3. The monoisotopic (exact) mass is 572 g/mol. The highest BCUT2D eigenvalue weighted by Gasteiger charge is 2.49. The average Bonchev–Trinajstić information content (AvgIpc) is 3.53. The fourth-order valence-corrected chi connectivity index (χ4v) is 6.31. The first-order chi connectivity index (χ1) is 18.7. The summed E-state index contributed by atoms with van der Waals surface area (Å²) >= 11 is 1.29. The van der Waals surface area contributed by atoms with Crippen LogP contribution in [0.4, 0.5) is 24.8 Å². The number of carboxylic acids is 1. The van der Waals surface area contributed by atoms with E-state index >= 15 is 0 Å². The Kier molecular flexibility index (Phi) is 6.91. The van der Waals surface area contributed by atoms with Crippen molar-refractivity contribution in [1.82, 2.24) is 24.7 Å². The third-order valence-electron chi connectivity index (χ3n) is 7.20. The number of rotatable bonds is 6. The molecule has 0 bridgehead atoms. The van der Waals surface area contributed by atoms with Crippen LogP contribution in [-0.2, 0) is 23.6 Å². The number of carbonyl (C=O) groups is 1. The Morgan fingerprint density at radius 1 is 1.15 bits per heavy atom. The van der Waals surface area contributed by atoms with Gasteiger partial charge >= 0.3 is 12.1 Å². The summed E-state index contributed by atoms with van der Waals surface area (Å²) in [4.78, 5) is 24.5. The van der Waals surface area contributed by atoms with E-state index in [0.717, 1.165) is 28.3 Å². The molecule has 1 aliphatic carbocycles. The summed E-state index contributed by atoms with van der Waals surface area (Å²) in [5.41, 5.74) is -0.269. The Bertz CT molecular complexity index is 1570. The Balaban J connectivity index is 1.50. The average molecular weight is 573 g/mol. The van der Waals surface area contributed by atoms with Crippen molar-refractivity contribution >= 4 is 28.9 Å². The predicted octanol–water partition coefficient (Wildman–Crippen LogP) is 5.86. The molecule has 3 heterocycles. The van der Waals surface area contributed by atoms with E-state index in [2.05, 4.69) is 25.4 Å². The molecule has 0 saturated heterocycles. The molecule has 0 aliphatic heterocycles. The van der Waals surface area contributed by atoms with Crippen molar-refractivity contribution in [2.45, 2.75) is 44.9 Å². The first kappa shape index (κ1) is 27.7. The van der Waals surface area contributed by atoms with Gasteiger partial charge in [-0.05, 0) is 60.1 Å². The number of hydrogen-bond acceptors (Lipinski definition) is 8. The Morgan fingerprint density at radius 2 is 1.90 bits per heavy atom. The molecule has 1 aliphatic rings. The molecule has 9 nitrogen and oxygen atoms in total. The minimum Gasteiger partial charge on any atom is -0.481 e. The van der Waals surface area contributed by atoms with Gasteiger partial charge in [-0.2, -0.15) is 18.3 Å². The Labute approximate surface area is 231 Å². The van der Waals surface area contributed by atoms with Crippen molar-refractivity contribution in [3.8, 4) is 21.6 Å². The maximum atomic E-state index is 13.2. The van der Waals surface area contributed by atoms with E-state index < -0.39 is 34.8 Å². The van der Waals surface area contributed by atoms with Crippen LogP contribution in [0.15, 0.2) is 49.1 Å². The van der Waals surface area contributed by atoms with Gasteiger partial charge in [-0.25, -0.2) is 15.0 Å². The quantitative estimate of drug-likeness (QED) is 0.262. The molecule has 3 aromatic heterocycles. The maximum Gasteiger partial charge on any atom is 0.433 e. The number of benzene rings is 1. The number of thiazole rings is 1. The SMILES string of the molecule is Cn1cc(-c2cc(Nc3nccc(C(F)(F)F)n3)cc(-c3cnc([C@@]4(O)CC[C@@H](C(=O)O)C(C)(C)C4)s3)c2)cn1. The maximum absolute atomic E-state index is 13.2. The van der Waals surface area contributed by atoms with E-state index in [0.29, 0.717) is 22.7 Å². The number of nitrogens with zero attached hydrogens (tertiary/aromatic N) is 5. The molecule has 0 radical (unpaired) electrons. The number of halogens is 3. The van der Waals surface area contributed by atoms with E-state index in [1.165, 1.54) is 11.3 Å². The number of aliphatic hydroxyl groups is 1. The normalized spacial score (nSPS) is 20.8. The highest BCUT2D eigenvalue weighted by molar-refractivity contribution is 7.15. The second kappa shape index (κ2) is 9.97. The summed E-state index contributed by atoms with van der Waals surface area (Å²) < 4.78 is 41.2. The second-order valence-corrected chi connectivity index (χ2v) is 11.8. The van der Waals surface area contributed by atoms with Crippen LogP contribution in [0.5, 0.6) is 0 Å². The highest BCUT2D eigenvalue weighted by Crippen LogP contribution is 2.51. The van der Waals surface area contributed by atoms with Gasteiger partial charge in [-0.3, -0.25) is 9.48 Å². The van der Waals surface area contributed by atoms with Gasteiger partial charge < -0.3 is 15.5 Å². The predicted molar refractivity (Wildman–Crippen MR) is 143 cm³/mol. The Hall–Kier alpha value is -3.84. The summed E-state index contributed by atoms with van der Waals surface area (Å²) in [5.74, 6) is -1.64. The van der Waals surface area contributed by atoms with E-state index in [9.17, 15) is 28.2 Å². The van der Waals surface area contributed by atoms with Gasteiger partial charge in [-0.15, -0.1) is 11.3 Å². The zero-order valence-corrected chi connectivity index (χ0v) is 22.7. The van der Waals surface area contributed by atoms with Gasteiger partial charge in [0.25, 0.3) is 0 Å². The molecular formula is C27H27F3N6O3S. The van der Waals surface area contributed by atoms with Gasteiger partial charge in [0.2, 0.25) is 5.95 Å². The van der Waals surface area contributed by atoms with Crippen LogP contribution >= 0.6 is 11.3 Å². The first-order valence-electron chi connectivity index (χ1n) is 12.5. The van der Waals surface area contributed by atoms with Crippen LogP contribution in [0.25, 0.3) is 21.6 Å². The van der Waals surface area contributed by atoms with Crippen molar-refractivity contribution in [3.63, 3.8) is 0 Å². The molecule has 0 spiro atoms. The molecule has 2 atom stereocenters. The molecule has 1 aromatic carbocycles. The van der Waals surface area contributed by atoms with Crippen molar-refractivity contribution in [2.75, 3.05) is 5.32 Å². The number of carboxylic acid groups (broad SMARTS) is 1. The van der Waals surface area contributed by atoms with Gasteiger partial charge in [0, 0.05) is 36.9 Å². The van der Waals surface area contributed by atoms with Gasteiger partial charge in [-0.1, -0.05) is 13.8 Å². The lowest BCUT2D eigenvalue weighted by atomic mass is 9.63. The molecule has 0 unspecified atom stereocenters. The van der Waals surface area contributed by atoms with Gasteiger partial charge in [0.1, 0.15) is 16.3 Å². The Morgan fingerprint density at radius 3 is 2.55 bits per heavy atom. The number of hydrogen-bond donors (Lipinski definition) is 3. The van der Waals surface area contributed by atoms with Crippen LogP contribution < -0.4 is 5.32 Å². The zero-order chi connectivity index (χ0) is 28.9. The molecule has 210 valence electrons. The van der Waals surface area contributed by atoms with Gasteiger partial charge in [0.15, 0.2) is 0 Å². The molecule has 40 heavy (non-hydrogen) atoms. The van der Waals surface area contributed by atoms with Crippen LogP contribution in [0.2, 0.25) is 0 Å². The zero-order valence-electron chi connectivity index (χ0n) is 21.9. The van der Waals surface area contributed by atoms with Crippen molar-refractivity contribution < 1.29 is 28.2 Å². The second-order valence-electron chi connectivity index (χ2n) is 10.7. The molecule has 1 fully saturated rings. The van der Waals surface area contributed by atoms with Crippen LogP contribution in [0.1, 0.15) is 43.8 Å². The summed E-state index contributed by atoms with van der Waals surface area (Å²) in [6, 6.07) is 6.21. The lowest BCUT2D eigenvalue weighted by Crippen LogP contribution is -2.44. The van der Waals surface area contributed by atoms with Crippen molar-refractivity contribution in [2.24, 2.45) is 18.4 Å². The van der Waals surface area contributed by atoms with Gasteiger partial charge in [0.05, 0.1) is 17.0 Å². The molecule has 13 heteroatoms. The minimum absolute atomic E-state index is 0.208. The van der Waals surface area contributed by atoms with E-state index in [4.69, 9.17) is 0 Å². The number of aryl methyl sites for hydroxylation is 1. The number of alkyl halides is 3. The largest absolute Gasteiger partial charge is 0.481 e. The summed E-state index contributed by atoms with van der Waals surface area (Å²) in [7, 11) is 1.78. The van der Waals surface area contributed by atoms with E-state index in [1.807, 2.05) is 26.1 Å². The molecule has 3 N–H and O–H groups in total. The third kappa shape index (κ3) is 5.56. The number of aliphatic carboxylic acids is 1. The van der Waals surface area contributed by atoms with Crippen LogP contribution in [0.3, 0.4) is 0 Å². The van der Waals surface area contributed by atoms with Crippen molar-refractivity contribution in [3.05, 3.63) is 59.8 Å². The van der Waals surface area contributed by atoms with Crippen LogP contribution in [-0.4, -0.2) is 40.9 Å². The molecule has 0 amide bonds. The summed E-state index contributed by atoms with van der Waals surface area (Å²) in [5, 5.41) is 28.7.